The van der Waals surface area contributed by atoms with Crippen LogP contribution in [0.4, 0.5) is 17.3 Å². The lowest BCUT2D eigenvalue weighted by atomic mass is 9.90. The van der Waals surface area contributed by atoms with Gasteiger partial charge in [0, 0.05) is 30.7 Å². The summed E-state index contributed by atoms with van der Waals surface area (Å²) in [4.78, 5) is 24.6. The lowest BCUT2D eigenvalue weighted by Crippen LogP contribution is -2.26. The Labute approximate surface area is 186 Å². The highest BCUT2D eigenvalue weighted by Gasteiger charge is 2.16. The van der Waals surface area contributed by atoms with E-state index in [4.69, 9.17) is 4.98 Å². The van der Waals surface area contributed by atoms with Crippen LogP contribution in [-0.2, 0) is 0 Å². The average molecular weight is 427 g/mol. The SMILES string of the molecule is CNc1ccc(-c2cc3cc[nH]c(=O)c3c(Nc3ccc(C4CCNCC4)cc3)n2)cn1. The zero-order valence-electron chi connectivity index (χ0n) is 18.0. The number of aromatic nitrogens is 3. The lowest BCUT2D eigenvalue weighted by Gasteiger charge is -2.23. The smallest absolute Gasteiger partial charge is 0.259 e. The first kappa shape index (κ1) is 20.2. The Morgan fingerprint density at radius 1 is 1.03 bits per heavy atom. The van der Waals surface area contributed by atoms with Gasteiger partial charge in [-0.1, -0.05) is 12.1 Å². The van der Waals surface area contributed by atoms with Gasteiger partial charge in [-0.2, -0.15) is 0 Å². The number of anilines is 3. The van der Waals surface area contributed by atoms with Gasteiger partial charge in [0.25, 0.3) is 5.56 Å². The van der Waals surface area contributed by atoms with E-state index in [0.29, 0.717) is 17.1 Å². The molecule has 0 spiro atoms. The Kier molecular flexibility index (Phi) is 5.56. The molecular weight excluding hydrogens is 400 g/mol. The minimum Gasteiger partial charge on any atom is -0.373 e. The van der Waals surface area contributed by atoms with E-state index in [-0.39, 0.29) is 5.56 Å². The number of aromatic amines is 1. The van der Waals surface area contributed by atoms with Crippen molar-refractivity contribution in [2.24, 2.45) is 0 Å². The van der Waals surface area contributed by atoms with Crippen LogP contribution in [-0.4, -0.2) is 35.1 Å². The number of hydrogen-bond acceptors (Lipinski definition) is 6. The van der Waals surface area contributed by atoms with E-state index < -0.39 is 0 Å². The first-order valence-corrected chi connectivity index (χ1v) is 11.0. The van der Waals surface area contributed by atoms with E-state index in [9.17, 15) is 4.79 Å². The van der Waals surface area contributed by atoms with Crippen molar-refractivity contribution >= 4 is 28.1 Å². The Morgan fingerprint density at radius 2 is 1.84 bits per heavy atom. The Balaban J connectivity index is 1.51. The van der Waals surface area contributed by atoms with Gasteiger partial charge in [0.05, 0.1) is 11.1 Å². The number of benzene rings is 1. The number of rotatable bonds is 5. The van der Waals surface area contributed by atoms with E-state index in [2.05, 4.69) is 50.2 Å². The summed E-state index contributed by atoms with van der Waals surface area (Å²) in [5.74, 6) is 1.92. The molecule has 5 rings (SSSR count). The Hall–Kier alpha value is -3.71. The quantitative estimate of drug-likeness (QED) is 0.381. The predicted molar refractivity (Wildman–Crippen MR) is 130 cm³/mol. The van der Waals surface area contributed by atoms with Gasteiger partial charge in [0.2, 0.25) is 0 Å². The maximum Gasteiger partial charge on any atom is 0.259 e. The van der Waals surface area contributed by atoms with Crippen LogP contribution in [0.3, 0.4) is 0 Å². The first-order chi connectivity index (χ1) is 15.7. The van der Waals surface area contributed by atoms with Gasteiger partial charge in [-0.15, -0.1) is 0 Å². The monoisotopic (exact) mass is 426 g/mol. The van der Waals surface area contributed by atoms with Gasteiger partial charge in [-0.3, -0.25) is 4.79 Å². The van der Waals surface area contributed by atoms with E-state index in [1.807, 2.05) is 31.3 Å². The molecule has 1 aliphatic rings. The van der Waals surface area contributed by atoms with Crippen molar-refractivity contribution in [1.29, 1.82) is 0 Å². The van der Waals surface area contributed by atoms with Gasteiger partial charge in [0.15, 0.2) is 0 Å². The minimum atomic E-state index is -0.168. The predicted octanol–water partition coefficient (Wildman–Crippen LogP) is 4.24. The fraction of sp³-hybridized carbons (Fsp3) is 0.240. The van der Waals surface area contributed by atoms with E-state index >= 15 is 0 Å². The molecule has 4 N–H and O–H groups in total. The third-order valence-electron chi connectivity index (χ3n) is 6.05. The van der Waals surface area contributed by atoms with Gasteiger partial charge in [-0.25, -0.2) is 9.97 Å². The number of pyridine rings is 3. The molecular formula is C25H26N6O. The molecule has 1 saturated heterocycles. The highest BCUT2D eigenvalue weighted by atomic mass is 16.1. The zero-order valence-corrected chi connectivity index (χ0v) is 18.0. The molecule has 0 bridgehead atoms. The van der Waals surface area contributed by atoms with Gasteiger partial charge < -0.3 is 20.9 Å². The highest BCUT2D eigenvalue weighted by Crippen LogP contribution is 2.30. The van der Waals surface area contributed by atoms with E-state index in [0.717, 1.165) is 54.1 Å². The van der Waals surface area contributed by atoms with Crippen molar-refractivity contribution in [2.45, 2.75) is 18.8 Å². The topological polar surface area (TPSA) is 94.7 Å². The summed E-state index contributed by atoms with van der Waals surface area (Å²) in [7, 11) is 1.83. The second-order valence-corrected chi connectivity index (χ2v) is 8.08. The zero-order chi connectivity index (χ0) is 21.9. The van der Waals surface area contributed by atoms with Crippen LogP contribution in [0.2, 0.25) is 0 Å². The number of fused-ring (bicyclic) bond motifs is 1. The summed E-state index contributed by atoms with van der Waals surface area (Å²) in [6.07, 6.45) is 5.77. The minimum absolute atomic E-state index is 0.168. The third-order valence-corrected chi connectivity index (χ3v) is 6.05. The van der Waals surface area contributed by atoms with Crippen LogP contribution in [0.5, 0.6) is 0 Å². The average Bonchev–Trinajstić information content (AvgIpc) is 2.85. The summed E-state index contributed by atoms with van der Waals surface area (Å²) in [5, 5.41) is 11.2. The molecule has 4 heterocycles. The van der Waals surface area contributed by atoms with Crippen LogP contribution in [0.25, 0.3) is 22.0 Å². The van der Waals surface area contributed by atoms with E-state index in [1.54, 1.807) is 12.4 Å². The number of H-pyrrole nitrogens is 1. The van der Waals surface area contributed by atoms with Crippen molar-refractivity contribution in [2.75, 3.05) is 30.8 Å². The molecule has 0 atom stereocenters. The molecule has 3 aromatic heterocycles. The molecule has 1 fully saturated rings. The van der Waals surface area contributed by atoms with Crippen molar-refractivity contribution in [1.82, 2.24) is 20.3 Å². The first-order valence-electron chi connectivity index (χ1n) is 11.0. The highest BCUT2D eigenvalue weighted by molar-refractivity contribution is 5.95. The lowest BCUT2D eigenvalue weighted by molar-refractivity contribution is 0.460. The van der Waals surface area contributed by atoms with Crippen LogP contribution < -0.4 is 21.5 Å². The largest absolute Gasteiger partial charge is 0.373 e. The van der Waals surface area contributed by atoms with Gasteiger partial charge in [-0.05, 0) is 79.2 Å². The van der Waals surface area contributed by atoms with Crippen LogP contribution in [0.1, 0.15) is 24.3 Å². The molecule has 0 amide bonds. The normalized spacial score (nSPS) is 14.4. The molecule has 0 radical (unpaired) electrons. The van der Waals surface area contributed by atoms with Gasteiger partial charge >= 0.3 is 0 Å². The molecule has 7 heteroatoms. The second-order valence-electron chi connectivity index (χ2n) is 8.08. The summed E-state index contributed by atoms with van der Waals surface area (Å²) in [6, 6.07) is 16.2. The maximum absolute atomic E-state index is 12.6. The number of nitrogens with zero attached hydrogens (tertiary/aromatic N) is 2. The molecule has 0 aliphatic carbocycles. The standard InChI is InChI=1S/C25H26N6O/c1-26-22-7-4-19(15-29-22)21-14-18-10-13-28-25(32)23(18)24(31-21)30-20-5-2-16(3-6-20)17-8-11-27-12-9-17/h2-7,10,13-15,17,27H,8-9,11-12H2,1H3,(H,26,29)(H,28,32)(H,30,31). The molecule has 1 aromatic carbocycles. The van der Waals surface area contributed by atoms with Crippen molar-refractivity contribution < 1.29 is 0 Å². The maximum atomic E-state index is 12.6. The van der Waals surface area contributed by atoms with Crippen molar-refractivity contribution in [3.63, 3.8) is 0 Å². The third kappa shape index (κ3) is 4.07. The summed E-state index contributed by atoms with van der Waals surface area (Å²) >= 11 is 0. The number of piperidine rings is 1. The summed E-state index contributed by atoms with van der Waals surface area (Å²) in [6.45, 7) is 2.14. The van der Waals surface area contributed by atoms with Gasteiger partial charge in [0.1, 0.15) is 11.6 Å². The molecule has 0 unspecified atom stereocenters. The summed E-state index contributed by atoms with van der Waals surface area (Å²) in [5.41, 5.74) is 3.74. The van der Waals surface area contributed by atoms with E-state index in [1.165, 1.54) is 5.56 Å². The Bertz CT molecular complexity index is 1270. The molecule has 7 nitrogen and oxygen atoms in total. The second kappa shape index (κ2) is 8.80. The van der Waals surface area contributed by atoms with Crippen LogP contribution >= 0.6 is 0 Å². The molecule has 1 aliphatic heterocycles. The Morgan fingerprint density at radius 3 is 2.56 bits per heavy atom. The number of hydrogen-bond donors (Lipinski definition) is 4. The van der Waals surface area contributed by atoms with Crippen molar-refractivity contribution in [3.05, 3.63) is 76.8 Å². The number of nitrogens with one attached hydrogen (secondary N) is 4. The van der Waals surface area contributed by atoms with Crippen molar-refractivity contribution in [3.8, 4) is 11.3 Å². The molecule has 32 heavy (non-hydrogen) atoms. The van der Waals surface area contributed by atoms with Crippen LogP contribution in [0.15, 0.2) is 65.7 Å². The fourth-order valence-corrected chi connectivity index (χ4v) is 4.28. The van der Waals surface area contributed by atoms with Crippen LogP contribution in [0, 0.1) is 0 Å². The molecule has 162 valence electrons. The fourth-order valence-electron chi connectivity index (χ4n) is 4.28. The summed E-state index contributed by atoms with van der Waals surface area (Å²) < 4.78 is 0. The molecule has 4 aromatic rings. The molecule has 0 saturated carbocycles.